The lowest BCUT2D eigenvalue weighted by Crippen LogP contribution is -2.37. The molecule has 0 radical (unpaired) electrons. The van der Waals surface area contributed by atoms with Crippen molar-refractivity contribution >= 4 is 46.2 Å². The molecule has 13 heteroatoms. The molecular weight excluding hydrogens is 549 g/mol. The van der Waals surface area contributed by atoms with E-state index in [4.69, 9.17) is 9.47 Å². The Morgan fingerprint density at radius 1 is 1.07 bits per heavy atom. The van der Waals surface area contributed by atoms with Gasteiger partial charge in [0, 0.05) is 48.3 Å². The van der Waals surface area contributed by atoms with Crippen molar-refractivity contribution in [3.05, 3.63) is 41.6 Å². The number of carbonyl (C=O) groups excluding carboxylic acids is 2. The first-order chi connectivity index (χ1) is 19.8. The van der Waals surface area contributed by atoms with E-state index in [-0.39, 0.29) is 29.0 Å². The van der Waals surface area contributed by atoms with Crippen LogP contribution in [0.5, 0.6) is 0 Å². The van der Waals surface area contributed by atoms with Gasteiger partial charge in [-0.15, -0.1) is 0 Å². The maximum atomic E-state index is 16.3. The van der Waals surface area contributed by atoms with Crippen LogP contribution in [0.3, 0.4) is 0 Å². The molecule has 2 aromatic heterocycles. The van der Waals surface area contributed by atoms with Gasteiger partial charge in [-0.2, -0.15) is 0 Å². The van der Waals surface area contributed by atoms with Crippen molar-refractivity contribution < 1.29 is 38.5 Å². The molecular formula is C29H32FN5O7. The summed E-state index contributed by atoms with van der Waals surface area (Å²) in [7, 11) is 0. The second kappa shape index (κ2) is 11.0. The second-order valence-corrected chi connectivity index (χ2v) is 11.4. The molecule has 0 saturated heterocycles. The number of ether oxygens (including phenoxy) is 2. The number of anilines is 3. The first-order valence-electron chi connectivity index (χ1n) is 13.6. The third-order valence-electron chi connectivity index (χ3n) is 7.13. The Balaban J connectivity index is 1.59. The zero-order valence-corrected chi connectivity index (χ0v) is 23.7. The van der Waals surface area contributed by atoms with E-state index in [0.717, 1.165) is 0 Å². The van der Waals surface area contributed by atoms with E-state index in [1.165, 1.54) is 29.4 Å². The molecule has 222 valence electrons. The summed E-state index contributed by atoms with van der Waals surface area (Å²) in [5.74, 6) is -0.674. The Bertz CT molecular complexity index is 1580. The highest BCUT2D eigenvalue weighted by molar-refractivity contribution is 6.04. The van der Waals surface area contributed by atoms with E-state index in [1.807, 2.05) is 0 Å². The minimum Gasteiger partial charge on any atom is -0.465 e. The molecule has 42 heavy (non-hydrogen) atoms. The van der Waals surface area contributed by atoms with Crippen LogP contribution in [-0.4, -0.2) is 62.8 Å². The monoisotopic (exact) mass is 581 g/mol. The Morgan fingerprint density at radius 3 is 2.48 bits per heavy atom. The summed E-state index contributed by atoms with van der Waals surface area (Å²) in [6, 6.07) is 3.02. The number of pyridine rings is 2. The van der Waals surface area contributed by atoms with Crippen molar-refractivity contribution in [2.45, 2.75) is 71.2 Å². The fourth-order valence-corrected chi connectivity index (χ4v) is 5.15. The van der Waals surface area contributed by atoms with Gasteiger partial charge in [0.25, 0.3) is 0 Å². The summed E-state index contributed by atoms with van der Waals surface area (Å²) in [6.45, 7) is 7.02. The van der Waals surface area contributed by atoms with Gasteiger partial charge in [0.05, 0.1) is 23.2 Å². The average molecular weight is 582 g/mol. The summed E-state index contributed by atoms with van der Waals surface area (Å²) in [6.07, 6.45) is 1.06. The Labute approximate surface area is 240 Å². The first-order valence-corrected chi connectivity index (χ1v) is 13.6. The number of carboxylic acid groups (broad SMARTS) is 1. The molecule has 0 spiro atoms. The van der Waals surface area contributed by atoms with Gasteiger partial charge in [-0.1, -0.05) is 0 Å². The lowest BCUT2D eigenvalue weighted by Gasteiger charge is -2.30. The van der Waals surface area contributed by atoms with Crippen molar-refractivity contribution in [1.82, 2.24) is 9.97 Å². The van der Waals surface area contributed by atoms with Gasteiger partial charge in [-0.05, 0) is 63.6 Å². The number of carbonyl (C=O) groups is 3. The van der Waals surface area contributed by atoms with Crippen molar-refractivity contribution in [1.29, 1.82) is 0 Å². The standard InChI is InChI=1S/C29H32FN5O7/c1-14-19(12-31-21-6-5-7-35(25(14)21)28(39)40)18-8-15-9-22(33-26(37)41-17-10-16(36)11-17)32-13-20(15)24(23(18)30)34-27(38)42-29(2,3)4/h8-9,12-13,16-17,36H,5-7,10-11H2,1-4H3,(H,34,38)(H,39,40)(H,32,33,37)/t16-,17+. The number of halogens is 1. The van der Waals surface area contributed by atoms with Crippen molar-refractivity contribution in [3.8, 4) is 11.1 Å². The Morgan fingerprint density at radius 2 is 1.81 bits per heavy atom. The van der Waals surface area contributed by atoms with Gasteiger partial charge in [0.1, 0.15) is 17.5 Å². The molecule has 3 amide bonds. The zero-order chi connectivity index (χ0) is 30.3. The van der Waals surface area contributed by atoms with Crippen LogP contribution < -0.4 is 15.5 Å². The van der Waals surface area contributed by atoms with Crippen LogP contribution in [0.4, 0.5) is 36.0 Å². The quantitative estimate of drug-likeness (QED) is 0.307. The SMILES string of the molecule is Cc1c(-c2cc3cc(NC(=O)O[C@H]4C[C@@H](O)C4)ncc3c(NC(=O)OC(C)(C)C)c2F)cnc2c1N(C(=O)O)CCC2. The van der Waals surface area contributed by atoms with Crippen LogP contribution in [0, 0.1) is 12.7 Å². The van der Waals surface area contributed by atoms with Gasteiger partial charge in [-0.25, -0.2) is 23.8 Å². The number of nitrogens with zero attached hydrogens (tertiary/aromatic N) is 3. The number of hydrogen-bond acceptors (Lipinski definition) is 8. The van der Waals surface area contributed by atoms with E-state index in [1.54, 1.807) is 27.7 Å². The summed E-state index contributed by atoms with van der Waals surface area (Å²) < 4.78 is 26.9. The highest BCUT2D eigenvalue weighted by Gasteiger charge is 2.31. The number of aromatic nitrogens is 2. The van der Waals surface area contributed by atoms with E-state index < -0.39 is 41.9 Å². The van der Waals surface area contributed by atoms with Crippen LogP contribution in [0.2, 0.25) is 0 Å². The fourth-order valence-electron chi connectivity index (χ4n) is 5.15. The average Bonchev–Trinajstić information content (AvgIpc) is 2.88. The normalized spacial score (nSPS) is 18.1. The number of amides is 3. The number of aryl methyl sites for hydroxylation is 1. The lowest BCUT2D eigenvalue weighted by molar-refractivity contribution is -0.0308. The highest BCUT2D eigenvalue weighted by Crippen LogP contribution is 2.41. The molecule has 0 unspecified atom stereocenters. The van der Waals surface area contributed by atoms with Crippen molar-refractivity contribution in [2.75, 3.05) is 22.1 Å². The Kier molecular flexibility index (Phi) is 7.62. The minimum atomic E-state index is -1.13. The largest absolute Gasteiger partial charge is 0.465 e. The Hall–Kier alpha value is -4.52. The van der Waals surface area contributed by atoms with E-state index in [2.05, 4.69) is 20.6 Å². The van der Waals surface area contributed by atoms with Crippen molar-refractivity contribution in [3.63, 3.8) is 0 Å². The third-order valence-corrected chi connectivity index (χ3v) is 7.13. The maximum Gasteiger partial charge on any atom is 0.413 e. The predicted octanol–water partition coefficient (Wildman–Crippen LogP) is 5.59. The van der Waals surface area contributed by atoms with Gasteiger partial charge < -0.3 is 19.7 Å². The predicted molar refractivity (Wildman–Crippen MR) is 152 cm³/mol. The van der Waals surface area contributed by atoms with Crippen LogP contribution >= 0.6 is 0 Å². The van der Waals surface area contributed by atoms with Gasteiger partial charge in [0.15, 0.2) is 5.82 Å². The molecule has 3 aromatic rings. The summed E-state index contributed by atoms with van der Waals surface area (Å²) in [4.78, 5) is 46.9. The maximum absolute atomic E-state index is 16.3. The van der Waals surface area contributed by atoms with Crippen LogP contribution in [0.25, 0.3) is 21.9 Å². The minimum absolute atomic E-state index is 0.0560. The molecule has 1 saturated carbocycles. The number of aliphatic hydroxyl groups excluding tert-OH is 1. The van der Waals surface area contributed by atoms with E-state index >= 15 is 4.39 Å². The van der Waals surface area contributed by atoms with Crippen molar-refractivity contribution in [2.24, 2.45) is 0 Å². The number of benzene rings is 1. The number of fused-ring (bicyclic) bond motifs is 2. The molecule has 5 rings (SSSR count). The smallest absolute Gasteiger partial charge is 0.413 e. The molecule has 12 nitrogen and oxygen atoms in total. The molecule has 1 aliphatic heterocycles. The highest BCUT2D eigenvalue weighted by atomic mass is 19.1. The summed E-state index contributed by atoms with van der Waals surface area (Å²) >= 11 is 0. The first kappa shape index (κ1) is 29.0. The zero-order valence-electron chi connectivity index (χ0n) is 23.7. The molecule has 0 atom stereocenters. The molecule has 3 heterocycles. The molecule has 0 bridgehead atoms. The molecule has 1 aliphatic carbocycles. The lowest BCUT2D eigenvalue weighted by atomic mass is 9.92. The topological polar surface area (TPSA) is 163 Å². The number of hydrogen-bond donors (Lipinski definition) is 4. The number of nitrogens with one attached hydrogen (secondary N) is 2. The summed E-state index contributed by atoms with van der Waals surface area (Å²) in [5.41, 5.74) is 0.874. The van der Waals surface area contributed by atoms with Gasteiger partial charge in [-0.3, -0.25) is 20.5 Å². The van der Waals surface area contributed by atoms with E-state index in [9.17, 15) is 24.6 Å². The fraction of sp³-hybridized carbons (Fsp3) is 0.414. The van der Waals surface area contributed by atoms with Crippen LogP contribution in [0.15, 0.2) is 24.5 Å². The molecule has 1 aromatic carbocycles. The second-order valence-electron chi connectivity index (χ2n) is 11.4. The number of aliphatic hydroxyl groups is 1. The third kappa shape index (κ3) is 5.91. The molecule has 2 aliphatic rings. The van der Waals surface area contributed by atoms with E-state index in [0.29, 0.717) is 53.6 Å². The molecule has 1 fully saturated rings. The number of rotatable bonds is 4. The van der Waals surface area contributed by atoms with Gasteiger partial charge >= 0.3 is 18.3 Å². The summed E-state index contributed by atoms with van der Waals surface area (Å²) in [5, 5.41) is 24.9. The molecule has 4 N–H and O–H groups in total. The van der Waals surface area contributed by atoms with Gasteiger partial charge in [0.2, 0.25) is 0 Å². The van der Waals surface area contributed by atoms with Crippen LogP contribution in [-0.2, 0) is 15.9 Å². The van der Waals surface area contributed by atoms with Crippen LogP contribution in [0.1, 0.15) is 51.3 Å².